The van der Waals surface area contributed by atoms with Crippen molar-refractivity contribution in [2.75, 3.05) is 59.3 Å². The minimum Gasteiger partial charge on any atom is -0.459 e. The normalized spacial score (nSPS) is 20.1. The van der Waals surface area contributed by atoms with Gasteiger partial charge in [0.25, 0.3) is 0 Å². The van der Waals surface area contributed by atoms with Gasteiger partial charge in [-0.1, -0.05) is 0 Å². The van der Waals surface area contributed by atoms with Crippen molar-refractivity contribution < 1.29 is 71.7 Å². The van der Waals surface area contributed by atoms with Gasteiger partial charge in [-0.15, -0.1) is 0 Å². The van der Waals surface area contributed by atoms with Gasteiger partial charge < -0.3 is 56.5 Å². The van der Waals surface area contributed by atoms with E-state index in [1.807, 2.05) is 0 Å². The van der Waals surface area contributed by atoms with Crippen LogP contribution in [0.4, 0.5) is 0 Å². The summed E-state index contributed by atoms with van der Waals surface area (Å²) in [6.45, 7) is 2.00. The van der Waals surface area contributed by atoms with Gasteiger partial charge in [0.15, 0.2) is 0 Å². The summed E-state index contributed by atoms with van der Waals surface area (Å²) in [4.78, 5) is 126. The SMILES string of the molecule is CC(=O)NC(COCCC(=O)NCCCCC(N)C(=O)CCCCC(=O)ON)(COCCC(=O)NCCCCC(N)C(=O)C[C@@H]1CCC(=O)C1)COCCC(=O)NCCCCC1N[C@H]2CC(=O)C[C@H]2OC1=O. The minimum absolute atomic E-state index is 0.00201. The number of hydrogen-bond donors (Lipinski definition) is 8. The van der Waals surface area contributed by atoms with E-state index in [0.717, 1.165) is 6.42 Å². The van der Waals surface area contributed by atoms with Gasteiger partial charge in [0.2, 0.25) is 23.6 Å². The molecule has 0 aromatic rings. The molecule has 0 aromatic carbocycles. The first kappa shape index (κ1) is 61.5. The molecule has 72 heavy (non-hydrogen) atoms. The number of carbonyl (C=O) groups is 10. The number of nitrogens with one attached hydrogen (secondary N) is 5. The lowest BCUT2D eigenvalue weighted by molar-refractivity contribution is -0.158. The molecule has 408 valence electrons. The summed E-state index contributed by atoms with van der Waals surface area (Å²) in [5.41, 5.74) is 10.8. The predicted molar refractivity (Wildman–Crippen MR) is 260 cm³/mol. The molecule has 0 aromatic heterocycles. The Morgan fingerprint density at radius 3 is 1.71 bits per heavy atom. The van der Waals surface area contributed by atoms with Gasteiger partial charge in [-0.05, 0) is 83.0 Å². The number of nitrogens with two attached hydrogens (primary N) is 3. The van der Waals surface area contributed by atoms with Gasteiger partial charge >= 0.3 is 11.9 Å². The van der Waals surface area contributed by atoms with Gasteiger partial charge in [0.05, 0.1) is 57.8 Å². The molecule has 1 aliphatic heterocycles. The number of amides is 4. The van der Waals surface area contributed by atoms with Crippen LogP contribution in [0.5, 0.6) is 0 Å². The van der Waals surface area contributed by atoms with Gasteiger partial charge in [0, 0.05) is 90.8 Å². The zero-order valence-electron chi connectivity index (χ0n) is 42.2. The molecule has 4 amide bonds. The first-order valence-corrected chi connectivity index (χ1v) is 25.8. The Hall–Kier alpha value is -4.78. The van der Waals surface area contributed by atoms with E-state index in [2.05, 4.69) is 31.4 Å². The fourth-order valence-electron chi connectivity index (χ4n) is 8.82. The maximum atomic E-state index is 12.7. The highest BCUT2D eigenvalue weighted by molar-refractivity contribution is 5.87. The molecule has 23 heteroatoms. The van der Waals surface area contributed by atoms with E-state index in [4.69, 9.17) is 36.3 Å². The maximum absolute atomic E-state index is 12.7. The summed E-state index contributed by atoms with van der Waals surface area (Å²) in [6.07, 6.45) is 8.74. The monoisotopic (exact) mass is 1020 g/mol. The van der Waals surface area contributed by atoms with Crippen LogP contribution in [0.2, 0.25) is 0 Å². The van der Waals surface area contributed by atoms with Crippen molar-refractivity contribution >= 4 is 58.7 Å². The highest BCUT2D eigenvalue weighted by Gasteiger charge is 2.43. The van der Waals surface area contributed by atoms with Crippen molar-refractivity contribution in [1.82, 2.24) is 26.6 Å². The molecule has 0 spiro atoms. The first-order valence-electron chi connectivity index (χ1n) is 25.8. The summed E-state index contributed by atoms with van der Waals surface area (Å²) < 4.78 is 23.1. The first-order chi connectivity index (χ1) is 34.5. The molecule has 0 radical (unpaired) electrons. The van der Waals surface area contributed by atoms with Gasteiger partial charge in [-0.3, -0.25) is 53.3 Å². The Morgan fingerprint density at radius 2 is 1.19 bits per heavy atom. The maximum Gasteiger partial charge on any atom is 0.324 e. The summed E-state index contributed by atoms with van der Waals surface area (Å²) in [6, 6.07) is -1.88. The second-order valence-corrected chi connectivity index (χ2v) is 19.3. The Kier molecular flexibility index (Phi) is 29.6. The van der Waals surface area contributed by atoms with Gasteiger partial charge in [-0.2, -0.15) is 5.90 Å². The molecule has 1 saturated heterocycles. The van der Waals surface area contributed by atoms with E-state index in [-0.39, 0.29) is 137 Å². The average molecular weight is 1020 g/mol. The van der Waals surface area contributed by atoms with Crippen LogP contribution >= 0.6 is 0 Å². The molecule has 7 atom stereocenters. The van der Waals surface area contributed by atoms with E-state index in [1.165, 1.54) is 6.92 Å². The number of fused-ring (bicyclic) bond motifs is 1. The van der Waals surface area contributed by atoms with Crippen LogP contribution in [0, 0.1) is 5.92 Å². The van der Waals surface area contributed by atoms with E-state index in [9.17, 15) is 47.9 Å². The van der Waals surface area contributed by atoms with Crippen molar-refractivity contribution in [1.29, 1.82) is 0 Å². The Bertz CT molecular complexity index is 1790. The lowest BCUT2D eigenvalue weighted by atomic mass is 9.95. The second kappa shape index (κ2) is 34.6. The highest BCUT2D eigenvalue weighted by atomic mass is 16.7. The minimum atomic E-state index is -1.26. The van der Waals surface area contributed by atoms with Crippen LogP contribution in [0.3, 0.4) is 0 Å². The topological polar surface area (TPSA) is 355 Å². The number of ether oxygens (including phenoxy) is 4. The fraction of sp³-hybridized carbons (Fsp3) is 0.796. The molecular weight excluding hydrogens is 941 g/mol. The second-order valence-electron chi connectivity index (χ2n) is 19.3. The molecule has 2 saturated carbocycles. The van der Waals surface area contributed by atoms with E-state index in [0.29, 0.717) is 116 Å². The van der Waals surface area contributed by atoms with Crippen molar-refractivity contribution in [3.63, 3.8) is 0 Å². The number of esters is 1. The number of unbranched alkanes of at least 4 members (excludes halogenated alkanes) is 4. The number of hydrogen-bond acceptors (Lipinski definition) is 19. The largest absolute Gasteiger partial charge is 0.459 e. The number of carbonyl (C=O) groups excluding carboxylic acids is 10. The van der Waals surface area contributed by atoms with Crippen LogP contribution in [0.25, 0.3) is 0 Å². The van der Waals surface area contributed by atoms with E-state index >= 15 is 0 Å². The molecule has 0 bridgehead atoms. The molecule has 11 N–H and O–H groups in total. The molecule has 4 unspecified atom stereocenters. The molecular formula is C49H82N8O15. The lowest BCUT2D eigenvalue weighted by Crippen LogP contribution is -2.58. The number of morpholine rings is 1. The number of ketones is 4. The third-order valence-corrected chi connectivity index (χ3v) is 12.9. The number of rotatable bonds is 40. The Morgan fingerprint density at radius 1 is 0.667 bits per heavy atom. The third-order valence-electron chi connectivity index (χ3n) is 12.9. The standard InChI is InChI=1S/C49H82N8O15/c1-33(58)57-49(30-68-23-17-44(63)53-20-7-4-10-37(50)41(61)13-2-3-14-47(66)72-52,31-69-24-18-45(64)54-21-8-5-11-38(51)42(62)27-34-15-16-35(59)26-34)32-70-25-19-46(65)55-22-9-6-12-39-48(67)71-43-29-36(60)28-40(43)56-39/h34,37-40,43,56H,2-32,50-52H2,1H3,(H,53,63)(H,54,64)(H,55,65)(H,57,58)/t34-,37?,38?,39?,40+,43-,49?/m1/s1. The predicted octanol–water partition coefficient (Wildman–Crippen LogP) is 0.0854. The van der Waals surface area contributed by atoms with Crippen molar-refractivity contribution in [3.05, 3.63) is 0 Å². The summed E-state index contributed by atoms with van der Waals surface area (Å²) in [5.74, 6) is 2.90. The van der Waals surface area contributed by atoms with Crippen molar-refractivity contribution in [2.24, 2.45) is 23.3 Å². The molecule has 1 heterocycles. The lowest BCUT2D eigenvalue weighted by Gasteiger charge is -2.34. The van der Waals surface area contributed by atoms with Gasteiger partial charge in [-0.25, -0.2) is 0 Å². The van der Waals surface area contributed by atoms with Crippen LogP contribution in [-0.2, 0) is 71.7 Å². The molecule has 3 aliphatic rings. The summed E-state index contributed by atoms with van der Waals surface area (Å²) in [5, 5.41) is 14.6. The van der Waals surface area contributed by atoms with Crippen LogP contribution in [-0.4, -0.2) is 154 Å². The highest BCUT2D eigenvalue weighted by Crippen LogP contribution is 2.27. The molecule has 2 aliphatic carbocycles. The van der Waals surface area contributed by atoms with Crippen LogP contribution in [0.15, 0.2) is 0 Å². The Balaban J connectivity index is 1.39. The number of Topliss-reactive ketones (excluding diaryl/α,β-unsaturated/α-hetero) is 4. The summed E-state index contributed by atoms with van der Waals surface area (Å²) in [7, 11) is 0. The summed E-state index contributed by atoms with van der Waals surface area (Å²) >= 11 is 0. The van der Waals surface area contributed by atoms with Crippen molar-refractivity contribution in [2.45, 2.75) is 184 Å². The van der Waals surface area contributed by atoms with E-state index < -0.39 is 41.6 Å². The van der Waals surface area contributed by atoms with Crippen molar-refractivity contribution in [3.8, 4) is 0 Å². The smallest absolute Gasteiger partial charge is 0.324 e. The van der Waals surface area contributed by atoms with E-state index in [1.54, 1.807) is 0 Å². The quantitative estimate of drug-likeness (QED) is 0.0229. The zero-order valence-corrected chi connectivity index (χ0v) is 42.2. The molecule has 23 nitrogen and oxygen atoms in total. The van der Waals surface area contributed by atoms with Crippen LogP contribution in [0.1, 0.15) is 148 Å². The van der Waals surface area contributed by atoms with Crippen LogP contribution < -0.4 is 43.9 Å². The average Bonchev–Trinajstić information content (AvgIpc) is 3.93. The zero-order chi connectivity index (χ0) is 52.7. The molecule has 3 fully saturated rings. The fourth-order valence-corrected chi connectivity index (χ4v) is 8.82. The van der Waals surface area contributed by atoms with Gasteiger partial charge in [0.1, 0.15) is 40.8 Å². The Labute approximate surface area is 422 Å². The third kappa shape index (κ3) is 25.7. The molecule has 3 rings (SSSR count).